The van der Waals surface area contributed by atoms with Gasteiger partial charge in [-0.3, -0.25) is 4.79 Å². The highest BCUT2D eigenvalue weighted by Crippen LogP contribution is 2.05. The van der Waals surface area contributed by atoms with Crippen LogP contribution in [0.1, 0.15) is 13.3 Å². The Labute approximate surface area is 99.4 Å². The maximum atomic E-state index is 12.0. The monoisotopic (exact) mass is 243 g/mol. The molecular weight excluding hydrogens is 226 g/mol. The zero-order chi connectivity index (χ0) is 13.0. The number of hydrogen-bond acceptors (Lipinski definition) is 3. The SMILES string of the molecule is CC(C(=O)O)N(C)C(=O)N1CCNC(=O)CC1. The Morgan fingerprint density at radius 2 is 2.12 bits per heavy atom. The summed E-state index contributed by atoms with van der Waals surface area (Å²) < 4.78 is 0. The van der Waals surface area contributed by atoms with Gasteiger partial charge in [-0.05, 0) is 6.92 Å². The molecule has 0 aromatic carbocycles. The van der Waals surface area contributed by atoms with E-state index in [1.807, 2.05) is 0 Å². The van der Waals surface area contributed by atoms with Crippen LogP contribution >= 0.6 is 0 Å². The fraction of sp³-hybridized carbons (Fsp3) is 0.700. The number of hydrogen-bond donors (Lipinski definition) is 2. The molecule has 1 aliphatic rings. The summed E-state index contributed by atoms with van der Waals surface area (Å²) in [6.45, 7) is 2.57. The van der Waals surface area contributed by atoms with Gasteiger partial charge >= 0.3 is 12.0 Å². The summed E-state index contributed by atoms with van der Waals surface area (Å²) in [5, 5.41) is 11.5. The van der Waals surface area contributed by atoms with E-state index in [9.17, 15) is 14.4 Å². The second kappa shape index (κ2) is 5.51. The van der Waals surface area contributed by atoms with Gasteiger partial charge in [0.1, 0.15) is 6.04 Å². The minimum absolute atomic E-state index is 0.0887. The fourth-order valence-electron chi connectivity index (χ4n) is 1.51. The smallest absolute Gasteiger partial charge is 0.326 e. The Bertz CT molecular complexity index is 332. The highest BCUT2D eigenvalue weighted by atomic mass is 16.4. The molecule has 0 aromatic rings. The van der Waals surface area contributed by atoms with Crippen LogP contribution in [0.4, 0.5) is 4.79 Å². The normalized spacial score (nSPS) is 18.0. The van der Waals surface area contributed by atoms with Crippen molar-refractivity contribution in [1.29, 1.82) is 0 Å². The van der Waals surface area contributed by atoms with Crippen molar-refractivity contribution in [1.82, 2.24) is 15.1 Å². The van der Waals surface area contributed by atoms with Crippen molar-refractivity contribution in [2.24, 2.45) is 0 Å². The number of urea groups is 1. The molecule has 7 nitrogen and oxygen atoms in total. The molecule has 0 saturated carbocycles. The van der Waals surface area contributed by atoms with Crippen LogP contribution in [0.15, 0.2) is 0 Å². The molecule has 1 unspecified atom stereocenters. The van der Waals surface area contributed by atoms with Crippen LogP contribution in [0, 0.1) is 0 Å². The summed E-state index contributed by atoms with van der Waals surface area (Å²) in [6, 6.07) is -1.24. The first-order valence-corrected chi connectivity index (χ1v) is 5.44. The van der Waals surface area contributed by atoms with Gasteiger partial charge in [0, 0.05) is 33.1 Å². The van der Waals surface area contributed by atoms with Gasteiger partial charge in [0.2, 0.25) is 5.91 Å². The molecule has 0 spiro atoms. The third-order valence-electron chi connectivity index (χ3n) is 2.82. The summed E-state index contributed by atoms with van der Waals surface area (Å²) in [5.41, 5.74) is 0. The fourth-order valence-corrected chi connectivity index (χ4v) is 1.51. The first kappa shape index (κ1) is 13.3. The van der Waals surface area contributed by atoms with E-state index < -0.39 is 12.0 Å². The van der Waals surface area contributed by atoms with Gasteiger partial charge in [0.15, 0.2) is 0 Å². The van der Waals surface area contributed by atoms with Crippen molar-refractivity contribution >= 4 is 17.9 Å². The molecule has 1 rings (SSSR count). The average Bonchev–Trinajstić information content (AvgIpc) is 2.51. The zero-order valence-corrected chi connectivity index (χ0v) is 9.97. The molecule has 0 radical (unpaired) electrons. The third-order valence-corrected chi connectivity index (χ3v) is 2.82. The van der Waals surface area contributed by atoms with Gasteiger partial charge in [0.05, 0.1) is 0 Å². The molecule has 0 aliphatic carbocycles. The summed E-state index contributed by atoms with van der Waals surface area (Å²) in [6.07, 6.45) is 0.251. The zero-order valence-electron chi connectivity index (χ0n) is 9.97. The lowest BCUT2D eigenvalue weighted by Gasteiger charge is -2.28. The number of rotatable bonds is 2. The summed E-state index contributed by atoms with van der Waals surface area (Å²) >= 11 is 0. The van der Waals surface area contributed by atoms with Crippen LogP contribution in [-0.2, 0) is 9.59 Å². The summed E-state index contributed by atoms with van der Waals surface area (Å²) in [5.74, 6) is -1.14. The minimum Gasteiger partial charge on any atom is -0.480 e. The highest BCUT2D eigenvalue weighted by Gasteiger charge is 2.27. The molecule has 1 saturated heterocycles. The first-order chi connectivity index (χ1) is 7.93. The van der Waals surface area contributed by atoms with Crippen molar-refractivity contribution in [3.8, 4) is 0 Å². The molecule has 0 aromatic heterocycles. The van der Waals surface area contributed by atoms with Crippen molar-refractivity contribution in [3.05, 3.63) is 0 Å². The number of carbonyl (C=O) groups is 3. The van der Waals surface area contributed by atoms with E-state index in [0.29, 0.717) is 19.6 Å². The van der Waals surface area contributed by atoms with Crippen molar-refractivity contribution in [3.63, 3.8) is 0 Å². The van der Waals surface area contributed by atoms with Gasteiger partial charge in [-0.15, -0.1) is 0 Å². The van der Waals surface area contributed by atoms with Crippen LogP contribution in [0.5, 0.6) is 0 Å². The van der Waals surface area contributed by atoms with Crippen LogP contribution in [-0.4, -0.2) is 65.5 Å². The number of nitrogens with zero attached hydrogens (tertiary/aromatic N) is 2. The van der Waals surface area contributed by atoms with Crippen LogP contribution in [0.2, 0.25) is 0 Å². The average molecular weight is 243 g/mol. The lowest BCUT2D eigenvalue weighted by Crippen LogP contribution is -2.48. The van der Waals surface area contributed by atoms with Gasteiger partial charge in [0.25, 0.3) is 0 Å². The lowest BCUT2D eigenvalue weighted by molar-refractivity contribution is -0.141. The van der Waals surface area contributed by atoms with E-state index in [1.54, 1.807) is 0 Å². The second-order valence-electron chi connectivity index (χ2n) is 3.99. The Morgan fingerprint density at radius 1 is 1.47 bits per heavy atom. The number of aliphatic carboxylic acids is 1. The maximum absolute atomic E-state index is 12.0. The van der Waals surface area contributed by atoms with E-state index in [2.05, 4.69) is 5.32 Å². The third kappa shape index (κ3) is 3.33. The predicted octanol–water partition coefficient (Wildman–Crippen LogP) is -0.667. The molecule has 96 valence electrons. The number of nitrogens with one attached hydrogen (secondary N) is 1. The molecule has 1 heterocycles. The number of carboxylic acid groups (broad SMARTS) is 1. The quantitative estimate of drug-likeness (QED) is 0.673. The number of carbonyl (C=O) groups excluding carboxylic acids is 2. The molecule has 1 atom stereocenters. The van der Waals surface area contributed by atoms with E-state index >= 15 is 0 Å². The topological polar surface area (TPSA) is 89.9 Å². The largest absolute Gasteiger partial charge is 0.480 e. The number of carboxylic acids is 1. The molecular formula is C10H17N3O4. The van der Waals surface area contributed by atoms with Crippen LogP contribution in [0.3, 0.4) is 0 Å². The van der Waals surface area contributed by atoms with Crippen LogP contribution in [0.25, 0.3) is 0 Å². The molecule has 7 heteroatoms. The maximum Gasteiger partial charge on any atom is 0.326 e. The van der Waals surface area contributed by atoms with Gasteiger partial charge < -0.3 is 20.2 Å². The van der Waals surface area contributed by atoms with Crippen molar-refractivity contribution in [2.45, 2.75) is 19.4 Å². The van der Waals surface area contributed by atoms with Gasteiger partial charge in [-0.2, -0.15) is 0 Å². The highest BCUT2D eigenvalue weighted by molar-refractivity contribution is 5.83. The van der Waals surface area contributed by atoms with E-state index in [4.69, 9.17) is 5.11 Å². The van der Waals surface area contributed by atoms with E-state index in [-0.39, 0.29) is 18.4 Å². The Hall–Kier alpha value is -1.79. The standard InChI is InChI=1S/C10H17N3O4/c1-7(9(15)16)12(2)10(17)13-5-3-8(14)11-4-6-13/h7H,3-6H2,1-2H3,(H,11,14)(H,15,16). The second-order valence-corrected chi connectivity index (χ2v) is 3.99. The number of likely N-dealkylation sites (N-methyl/N-ethyl adjacent to an activating group) is 1. The molecule has 2 N–H and O–H groups in total. The van der Waals surface area contributed by atoms with E-state index in [0.717, 1.165) is 4.90 Å². The van der Waals surface area contributed by atoms with Crippen molar-refractivity contribution in [2.75, 3.05) is 26.7 Å². The van der Waals surface area contributed by atoms with Gasteiger partial charge in [-0.1, -0.05) is 0 Å². The summed E-state index contributed by atoms with van der Waals surface area (Å²) in [7, 11) is 1.45. The Morgan fingerprint density at radius 3 is 2.71 bits per heavy atom. The number of amides is 3. The molecule has 3 amide bonds. The van der Waals surface area contributed by atoms with E-state index in [1.165, 1.54) is 18.9 Å². The van der Waals surface area contributed by atoms with Gasteiger partial charge in [-0.25, -0.2) is 9.59 Å². The minimum atomic E-state index is -1.05. The van der Waals surface area contributed by atoms with Crippen molar-refractivity contribution < 1.29 is 19.5 Å². The molecule has 0 bridgehead atoms. The molecule has 1 fully saturated rings. The predicted molar refractivity (Wildman–Crippen MR) is 59.5 cm³/mol. The summed E-state index contributed by atoms with van der Waals surface area (Å²) in [4.78, 5) is 36.5. The Kier molecular flexibility index (Phi) is 4.30. The Balaban J connectivity index is 2.62. The van der Waals surface area contributed by atoms with Crippen LogP contribution < -0.4 is 5.32 Å². The molecule has 1 aliphatic heterocycles. The first-order valence-electron chi connectivity index (χ1n) is 5.44. The molecule has 17 heavy (non-hydrogen) atoms. The lowest BCUT2D eigenvalue weighted by atomic mass is 10.3.